The third kappa shape index (κ3) is 4.35. The molecule has 7 heteroatoms. The maximum absolute atomic E-state index is 12.7. The van der Waals surface area contributed by atoms with Crippen molar-refractivity contribution >= 4 is 17.6 Å². The van der Waals surface area contributed by atoms with Gasteiger partial charge in [0.2, 0.25) is 5.78 Å². The van der Waals surface area contributed by atoms with Gasteiger partial charge in [-0.05, 0) is 44.2 Å². The van der Waals surface area contributed by atoms with Gasteiger partial charge in [-0.25, -0.2) is 0 Å². The van der Waals surface area contributed by atoms with Gasteiger partial charge >= 0.3 is 0 Å². The molecule has 3 N–H and O–H groups in total. The van der Waals surface area contributed by atoms with E-state index in [-0.39, 0.29) is 29.6 Å². The molecule has 1 heterocycles. The summed E-state index contributed by atoms with van der Waals surface area (Å²) in [6.07, 6.45) is 0. The van der Waals surface area contributed by atoms with E-state index in [2.05, 4.69) is 5.43 Å². The third-order valence-corrected chi connectivity index (χ3v) is 4.49. The Labute approximate surface area is 168 Å². The van der Waals surface area contributed by atoms with E-state index in [9.17, 15) is 14.4 Å². The Morgan fingerprint density at radius 3 is 2.31 bits per heavy atom. The van der Waals surface area contributed by atoms with Gasteiger partial charge in [-0.2, -0.15) is 0 Å². The van der Waals surface area contributed by atoms with Gasteiger partial charge in [0.25, 0.3) is 11.8 Å². The summed E-state index contributed by atoms with van der Waals surface area (Å²) in [4.78, 5) is 36.6. The summed E-state index contributed by atoms with van der Waals surface area (Å²) in [6.45, 7) is 3.27. The van der Waals surface area contributed by atoms with Crippen LogP contribution in [0.2, 0.25) is 0 Å². The van der Waals surface area contributed by atoms with Gasteiger partial charge < -0.3 is 10.5 Å². The van der Waals surface area contributed by atoms with Crippen molar-refractivity contribution in [2.45, 2.75) is 13.8 Å². The van der Waals surface area contributed by atoms with Crippen molar-refractivity contribution in [1.82, 2.24) is 4.68 Å². The Balaban J connectivity index is 1.75. The highest BCUT2D eigenvalue weighted by atomic mass is 16.5. The van der Waals surface area contributed by atoms with Crippen molar-refractivity contribution in [3.05, 3.63) is 88.7 Å². The molecule has 0 unspecified atom stereocenters. The fourth-order valence-corrected chi connectivity index (χ4v) is 2.99. The van der Waals surface area contributed by atoms with Crippen molar-refractivity contribution < 1.29 is 19.1 Å². The normalized spacial score (nSPS) is 10.4. The largest absolute Gasteiger partial charge is 0.485 e. The number of nitrogens with zero attached hydrogens (tertiary/aromatic N) is 1. The van der Waals surface area contributed by atoms with Crippen LogP contribution in [0.15, 0.2) is 60.7 Å². The molecule has 3 aromatic rings. The first-order valence-corrected chi connectivity index (χ1v) is 8.98. The average molecular weight is 391 g/mol. The Morgan fingerprint density at radius 1 is 0.966 bits per heavy atom. The van der Waals surface area contributed by atoms with Gasteiger partial charge in [0.05, 0.1) is 5.56 Å². The second-order valence-corrected chi connectivity index (χ2v) is 6.50. The molecule has 29 heavy (non-hydrogen) atoms. The van der Waals surface area contributed by atoms with E-state index in [1.54, 1.807) is 67.1 Å². The number of hydrogen-bond acceptors (Lipinski definition) is 4. The molecule has 0 aliphatic heterocycles. The number of nitrogens with one attached hydrogen (secondary N) is 1. The smallest absolute Gasteiger partial charge is 0.270 e. The number of ether oxygens (including phenoxy) is 1. The SMILES string of the molecule is Cc1cc(C(=O)COc2ccccc2C(N)=O)c(C)n1NC(=O)c1ccccc1. The predicted molar refractivity (Wildman–Crippen MR) is 109 cm³/mol. The lowest BCUT2D eigenvalue weighted by molar-refractivity contribution is 0.0911. The molecule has 2 amide bonds. The molecule has 0 aliphatic rings. The molecule has 0 bridgehead atoms. The van der Waals surface area contributed by atoms with E-state index < -0.39 is 5.91 Å². The second kappa shape index (κ2) is 8.43. The molecule has 7 nitrogen and oxygen atoms in total. The summed E-state index contributed by atoms with van der Waals surface area (Å²) in [6, 6.07) is 17.0. The number of hydrogen-bond donors (Lipinski definition) is 2. The van der Waals surface area contributed by atoms with Crippen LogP contribution in [0.1, 0.15) is 42.5 Å². The number of carbonyl (C=O) groups is 3. The molecule has 0 saturated heterocycles. The molecule has 0 fully saturated rings. The lowest BCUT2D eigenvalue weighted by Crippen LogP contribution is -2.25. The van der Waals surface area contributed by atoms with Gasteiger partial charge in [0, 0.05) is 22.5 Å². The minimum Gasteiger partial charge on any atom is -0.485 e. The first-order chi connectivity index (χ1) is 13.9. The number of benzene rings is 2. The molecular formula is C22H21N3O4. The van der Waals surface area contributed by atoms with Crippen molar-refractivity contribution in [3.63, 3.8) is 0 Å². The van der Waals surface area contributed by atoms with Crippen molar-refractivity contribution in [1.29, 1.82) is 0 Å². The number of Topliss-reactive ketones (excluding diaryl/α,β-unsaturated/α-hetero) is 1. The van der Waals surface area contributed by atoms with Gasteiger partial charge in [-0.3, -0.25) is 24.5 Å². The van der Waals surface area contributed by atoms with Crippen LogP contribution in [0.4, 0.5) is 0 Å². The van der Waals surface area contributed by atoms with E-state index in [0.717, 1.165) is 0 Å². The van der Waals surface area contributed by atoms with E-state index >= 15 is 0 Å². The van der Waals surface area contributed by atoms with Crippen LogP contribution in [-0.2, 0) is 0 Å². The van der Waals surface area contributed by atoms with Gasteiger partial charge in [-0.15, -0.1) is 0 Å². The number of carbonyl (C=O) groups excluding carboxylic acids is 3. The maximum Gasteiger partial charge on any atom is 0.270 e. The molecule has 2 aromatic carbocycles. The fourth-order valence-electron chi connectivity index (χ4n) is 2.99. The summed E-state index contributed by atoms with van der Waals surface area (Å²) in [7, 11) is 0. The van der Waals surface area contributed by atoms with E-state index in [1.165, 1.54) is 6.07 Å². The summed E-state index contributed by atoms with van der Waals surface area (Å²) >= 11 is 0. The predicted octanol–water partition coefficient (Wildman–Crippen LogP) is 2.85. The van der Waals surface area contributed by atoms with Crippen LogP contribution in [0.3, 0.4) is 0 Å². The lowest BCUT2D eigenvalue weighted by Gasteiger charge is -2.12. The first kappa shape index (κ1) is 19.9. The zero-order chi connectivity index (χ0) is 21.0. The third-order valence-electron chi connectivity index (χ3n) is 4.49. The Hall–Kier alpha value is -3.87. The molecule has 1 aromatic heterocycles. The van der Waals surface area contributed by atoms with Crippen LogP contribution in [-0.4, -0.2) is 28.9 Å². The zero-order valence-corrected chi connectivity index (χ0v) is 16.1. The van der Waals surface area contributed by atoms with Crippen LogP contribution in [0.5, 0.6) is 5.75 Å². The average Bonchev–Trinajstić information content (AvgIpc) is 3.01. The van der Waals surface area contributed by atoms with Crippen LogP contribution in [0, 0.1) is 13.8 Å². The standard InChI is InChI=1S/C22H21N3O4/c1-14-12-18(15(2)25(14)24-22(28)16-8-4-3-5-9-16)19(26)13-29-20-11-7-6-10-17(20)21(23)27/h3-12H,13H2,1-2H3,(H2,23,27)(H,24,28). The van der Waals surface area contributed by atoms with Crippen molar-refractivity contribution in [2.24, 2.45) is 5.73 Å². The molecule has 0 saturated carbocycles. The number of amides is 2. The van der Waals surface area contributed by atoms with E-state index in [0.29, 0.717) is 22.5 Å². The highest BCUT2D eigenvalue weighted by Crippen LogP contribution is 2.19. The fraction of sp³-hybridized carbons (Fsp3) is 0.136. The number of rotatable bonds is 7. The highest BCUT2D eigenvalue weighted by Gasteiger charge is 2.19. The summed E-state index contributed by atoms with van der Waals surface area (Å²) < 4.78 is 7.09. The van der Waals surface area contributed by atoms with Crippen LogP contribution >= 0.6 is 0 Å². The molecule has 0 atom stereocenters. The zero-order valence-electron chi connectivity index (χ0n) is 16.1. The minimum absolute atomic E-state index is 0.209. The summed E-state index contributed by atoms with van der Waals surface area (Å²) in [5, 5.41) is 0. The van der Waals surface area contributed by atoms with Gasteiger partial charge in [0.1, 0.15) is 5.75 Å². The van der Waals surface area contributed by atoms with Gasteiger partial charge in [0.15, 0.2) is 6.61 Å². The molecular weight excluding hydrogens is 370 g/mol. The van der Waals surface area contributed by atoms with E-state index in [4.69, 9.17) is 10.5 Å². The Morgan fingerprint density at radius 2 is 1.62 bits per heavy atom. The van der Waals surface area contributed by atoms with Crippen molar-refractivity contribution in [2.75, 3.05) is 12.0 Å². The summed E-state index contributed by atoms with van der Waals surface area (Å²) in [5.74, 6) is -0.940. The number of para-hydroxylation sites is 1. The summed E-state index contributed by atoms with van der Waals surface area (Å²) in [5.41, 5.74) is 10.6. The molecule has 3 rings (SSSR count). The minimum atomic E-state index is -0.630. The molecule has 0 spiro atoms. The molecule has 148 valence electrons. The van der Waals surface area contributed by atoms with E-state index in [1.807, 2.05) is 6.07 Å². The second-order valence-electron chi connectivity index (χ2n) is 6.50. The number of primary amides is 1. The van der Waals surface area contributed by atoms with Crippen molar-refractivity contribution in [3.8, 4) is 5.75 Å². The number of ketones is 1. The molecule has 0 aliphatic carbocycles. The molecule has 0 radical (unpaired) electrons. The maximum atomic E-state index is 12.7. The quantitative estimate of drug-likeness (QED) is 0.605. The number of aromatic nitrogens is 1. The topological polar surface area (TPSA) is 103 Å². The Kier molecular flexibility index (Phi) is 5.78. The number of aryl methyl sites for hydroxylation is 1. The Bertz CT molecular complexity index is 1070. The monoisotopic (exact) mass is 391 g/mol. The highest BCUT2D eigenvalue weighted by molar-refractivity contribution is 6.01. The van der Waals surface area contributed by atoms with Gasteiger partial charge in [-0.1, -0.05) is 30.3 Å². The first-order valence-electron chi connectivity index (χ1n) is 8.98. The van der Waals surface area contributed by atoms with Crippen LogP contribution in [0.25, 0.3) is 0 Å². The lowest BCUT2D eigenvalue weighted by atomic mass is 10.1. The number of nitrogens with two attached hydrogens (primary N) is 1. The van der Waals surface area contributed by atoms with Crippen LogP contribution < -0.4 is 15.9 Å².